The highest BCUT2D eigenvalue weighted by molar-refractivity contribution is 5.74. The second-order valence-electron chi connectivity index (χ2n) is 4.25. The second kappa shape index (κ2) is 10.6. The highest BCUT2D eigenvalue weighted by Crippen LogP contribution is 1.98. The molecule has 2 unspecified atom stereocenters. The number of amides is 2. The van der Waals surface area contributed by atoms with Crippen molar-refractivity contribution < 1.29 is 24.2 Å². The molecule has 0 saturated carbocycles. The lowest BCUT2D eigenvalue weighted by Gasteiger charge is -2.19. The van der Waals surface area contributed by atoms with Crippen molar-refractivity contribution in [1.29, 1.82) is 0 Å². The zero-order chi connectivity index (χ0) is 14.7. The summed E-state index contributed by atoms with van der Waals surface area (Å²) in [5.74, 6) is -0.961. The third-order valence-electron chi connectivity index (χ3n) is 2.57. The van der Waals surface area contributed by atoms with Crippen LogP contribution in [0.15, 0.2) is 0 Å². The Morgan fingerprint density at radius 1 is 1.32 bits per heavy atom. The molecule has 0 aromatic heterocycles. The van der Waals surface area contributed by atoms with Crippen molar-refractivity contribution in [2.24, 2.45) is 0 Å². The van der Waals surface area contributed by atoms with Crippen molar-refractivity contribution in [3.8, 4) is 0 Å². The minimum atomic E-state index is -0.961. The number of carboxylic acid groups (broad SMARTS) is 1. The molecule has 0 rings (SSSR count). The van der Waals surface area contributed by atoms with E-state index in [1.54, 1.807) is 7.11 Å². The topological polar surface area (TPSA) is 96.9 Å². The summed E-state index contributed by atoms with van der Waals surface area (Å²) < 4.78 is 9.98. The summed E-state index contributed by atoms with van der Waals surface area (Å²) in [6, 6.07) is -0.390. The molecule has 112 valence electrons. The molecule has 7 nitrogen and oxygen atoms in total. The third kappa shape index (κ3) is 9.26. The molecular formula is C12H24N2O5. The summed E-state index contributed by atoms with van der Waals surface area (Å²) in [6.45, 7) is 2.63. The van der Waals surface area contributed by atoms with Crippen LogP contribution in [0, 0.1) is 0 Å². The van der Waals surface area contributed by atoms with Gasteiger partial charge in [0.05, 0.1) is 25.2 Å². The molecule has 0 aromatic rings. The molecule has 0 heterocycles. The summed E-state index contributed by atoms with van der Waals surface area (Å²) in [4.78, 5) is 22.2. The first kappa shape index (κ1) is 17.7. The number of carbonyl (C=O) groups excluding carboxylic acids is 1. The number of rotatable bonds is 10. The first-order chi connectivity index (χ1) is 9.03. The number of ether oxygens (including phenoxy) is 2. The third-order valence-corrected chi connectivity index (χ3v) is 2.57. The van der Waals surface area contributed by atoms with Crippen molar-refractivity contribution >= 4 is 12.0 Å². The van der Waals surface area contributed by atoms with E-state index in [0.29, 0.717) is 6.61 Å². The van der Waals surface area contributed by atoms with Gasteiger partial charge in [-0.1, -0.05) is 13.3 Å². The summed E-state index contributed by atoms with van der Waals surface area (Å²) >= 11 is 0. The SMILES string of the molecule is CCCC(COC)NC(=O)NCC(CC(=O)O)OC. The lowest BCUT2D eigenvalue weighted by Crippen LogP contribution is -2.46. The molecule has 0 fully saturated rings. The van der Waals surface area contributed by atoms with Gasteiger partial charge in [0, 0.05) is 20.8 Å². The predicted octanol–water partition coefficient (Wildman–Crippen LogP) is 0.590. The van der Waals surface area contributed by atoms with Crippen LogP contribution >= 0.6 is 0 Å². The molecule has 19 heavy (non-hydrogen) atoms. The van der Waals surface area contributed by atoms with Gasteiger partial charge in [0.1, 0.15) is 0 Å². The van der Waals surface area contributed by atoms with Crippen molar-refractivity contribution in [2.75, 3.05) is 27.4 Å². The predicted molar refractivity (Wildman–Crippen MR) is 70.2 cm³/mol. The molecule has 0 aromatic carbocycles. The molecule has 0 bridgehead atoms. The molecule has 0 spiro atoms. The maximum absolute atomic E-state index is 11.6. The van der Waals surface area contributed by atoms with Crippen LogP contribution in [0.1, 0.15) is 26.2 Å². The van der Waals surface area contributed by atoms with E-state index >= 15 is 0 Å². The van der Waals surface area contributed by atoms with Crippen LogP contribution in [0.25, 0.3) is 0 Å². The van der Waals surface area contributed by atoms with E-state index < -0.39 is 12.1 Å². The Hall–Kier alpha value is -1.34. The molecule has 3 N–H and O–H groups in total. The van der Waals surface area contributed by atoms with E-state index in [1.807, 2.05) is 6.92 Å². The molecule has 0 radical (unpaired) electrons. The Balaban J connectivity index is 4.03. The Kier molecular flexibility index (Phi) is 9.82. The van der Waals surface area contributed by atoms with E-state index in [1.165, 1.54) is 7.11 Å². The number of hydrogen-bond donors (Lipinski definition) is 3. The van der Waals surface area contributed by atoms with Gasteiger partial charge >= 0.3 is 12.0 Å². The van der Waals surface area contributed by atoms with Crippen LogP contribution in [0.3, 0.4) is 0 Å². The number of aliphatic carboxylic acids is 1. The minimum Gasteiger partial charge on any atom is -0.481 e. The quantitative estimate of drug-likeness (QED) is 0.542. The number of hydrogen-bond acceptors (Lipinski definition) is 4. The van der Waals surface area contributed by atoms with Crippen molar-refractivity contribution in [1.82, 2.24) is 10.6 Å². The van der Waals surface area contributed by atoms with Gasteiger partial charge in [-0.3, -0.25) is 4.79 Å². The lowest BCUT2D eigenvalue weighted by molar-refractivity contribution is -0.139. The summed E-state index contributed by atoms with van der Waals surface area (Å²) in [7, 11) is 2.99. The Bertz CT molecular complexity index is 267. The zero-order valence-electron chi connectivity index (χ0n) is 11.8. The van der Waals surface area contributed by atoms with Crippen molar-refractivity contribution in [2.45, 2.75) is 38.3 Å². The van der Waals surface area contributed by atoms with Gasteiger partial charge in [-0.15, -0.1) is 0 Å². The van der Waals surface area contributed by atoms with Gasteiger partial charge in [-0.25, -0.2) is 4.79 Å². The van der Waals surface area contributed by atoms with Crippen LogP contribution in [0.4, 0.5) is 4.79 Å². The summed E-state index contributed by atoms with van der Waals surface area (Å²) in [5.41, 5.74) is 0. The Morgan fingerprint density at radius 2 is 2.00 bits per heavy atom. The average molecular weight is 276 g/mol. The number of methoxy groups -OCH3 is 2. The van der Waals surface area contributed by atoms with Crippen LogP contribution in [-0.2, 0) is 14.3 Å². The zero-order valence-corrected chi connectivity index (χ0v) is 11.8. The lowest BCUT2D eigenvalue weighted by atomic mass is 10.2. The van der Waals surface area contributed by atoms with Crippen molar-refractivity contribution in [3.05, 3.63) is 0 Å². The van der Waals surface area contributed by atoms with Crippen LogP contribution < -0.4 is 10.6 Å². The van der Waals surface area contributed by atoms with Gasteiger partial charge in [-0.05, 0) is 6.42 Å². The molecule has 0 aliphatic heterocycles. The van der Waals surface area contributed by atoms with Crippen LogP contribution in [0.2, 0.25) is 0 Å². The average Bonchev–Trinajstić information content (AvgIpc) is 2.34. The monoisotopic (exact) mass is 276 g/mol. The van der Waals surface area contributed by atoms with Gasteiger partial charge < -0.3 is 25.2 Å². The minimum absolute atomic E-state index is 0.0459. The number of nitrogens with one attached hydrogen (secondary N) is 2. The summed E-state index contributed by atoms with van der Waals surface area (Å²) in [5, 5.41) is 14.0. The standard InChI is InChI=1S/C12H24N2O5/c1-4-5-9(8-18-2)14-12(17)13-7-10(19-3)6-11(15)16/h9-10H,4-8H2,1-3H3,(H,15,16)(H2,13,14,17). The highest BCUT2D eigenvalue weighted by Gasteiger charge is 2.15. The molecule has 2 amide bonds. The first-order valence-corrected chi connectivity index (χ1v) is 6.31. The Labute approximate surface area is 113 Å². The van der Waals surface area contributed by atoms with Crippen molar-refractivity contribution in [3.63, 3.8) is 0 Å². The molecular weight excluding hydrogens is 252 g/mol. The molecule has 0 aliphatic rings. The molecule has 0 aliphatic carbocycles. The van der Waals surface area contributed by atoms with Gasteiger partial charge in [-0.2, -0.15) is 0 Å². The molecule has 0 saturated heterocycles. The smallest absolute Gasteiger partial charge is 0.315 e. The molecule has 2 atom stereocenters. The van der Waals surface area contributed by atoms with Crippen LogP contribution in [0.5, 0.6) is 0 Å². The van der Waals surface area contributed by atoms with E-state index in [-0.39, 0.29) is 25.0 Å². The van der Waals surface area contributed by atoms with Crippen LogP contribution in [-0.4, -0.2) is 56.6 Å². The van der Waals surface area contributed by atoms with Gasteiger partial charge in [0.25, 0.3) is 0 Å². The van der Waals surface area contributed by atoms with Gasteiger partial charge in [0.2, 0.25) is 0 Å². The highest BCUT2D eigenvalue weighted by atomic mass is 16.5. The Morgan fingerprint density at radius 3 is 2.47 bits per heavy atom. The largest absolute Gasteiger partial charge is 0.481 e. The molecule has 7 heteroatoms. The fraction of sp³-hybridized carbons (Fsp3) is 0.833. The van der Waals surface area contributed by atoms with E-state index in [2.05, 4.69) is 10.6 Å². The first-order valence-electron chi connectivity index (χ1n) is 6.31. The van der Waals surface area contributed by atoms with E-state index in [4.69, 9.17) is 14.6 Å². The maximum Gasteiger partial charge on any atom is 0.315 e. The van der Waals surface area contributed by atoms with Gasteiger partial charge in [0.15, 0.2) is 0 Å². The number of carbonyl (C=O) groups is 2. The normalized spacial score (nSPS) is 13.6. The number of carboxylic acids is 1. The maximum atomic E-state index is 11.6. The fourth-order valence-electron chi connectivity index (χ4n) is 1.62. The van der Waals surface area contributed by atoms with E-state index in [9.17, 15) is 9.59 Å². The summed E-state index contributed by atoms with van der Waals surface area (Å²) in [6.07, 6.45) is 1.08. The number of urea groups is 1. The van der Waals surface area contributed by atoms with E-state index in [0.717, 1.165) is 12.8 Å². The fourth-order valence-corrected chi connectivity index (χ4v) is 1.62. The second-order valence-corrected chi connectivity index (χ2v) is 4.25.